The zero-order chi connectivity index (χ0) is 19.4. The van der Waals surface area contributed by atoms with Gasteiger partial charge in [-0.3, -0.25) is 14.5 Å². The van der Waals surface area contributed by atoms with Gasteiger partial charge in [-0.1, -0.05) is 0 Å². The molecular weight excluding hydrogens is 386 g/mol. The van der Waals surface area contributed by atoms with Crippen molar-refractivity contribution in [3.8, 4) is 0 Å². The molecule has 3 heterocycles. The van der Waals surface area contributed by atoms with Gasteiger partial charge in [0.25, 0.3) is 5.91 Å². The van der Waals surface area contributed by atoms with Crippen LogP contribution in [-0.4, -0.2) is 67.4 Å². The third-order valence-electron chi connectivity index (χ3n) is 4.29. The number of ether oxygens (including phenoxy) is 1. The van der Waals surface area contributed by atoms with Gasteiger partial charge >= 0.3 is 5.97 Å². The van der Waals surface area contributed by atoms with Gasteiger partial charge in [0.05, 0.1) is 24.2 Å². The summed E-state index contributed by atoms with van der Waals surface area (Å²) in [5, 5.41) is 4.50. The molecule has 7 nitrogen and oxygen atoms in total. The minimum absolute atomic E-state index is 0.0539. The number of thiophene rings is 2. The van der Waals surface area contributed by atoms with Crippen molar-refractivity contribution in [3.05, 3.63) is 38.2 Å². The monoisotopic (exact) mass is 407 g/mol. The highest BCUT2D eigenvalue weighted by Gasteiger charge is 2.24. The molecular formula is C18H21N3O4S2. The molecule has 1 aliphatic rings. The number of amides is 2. The molecule has 0 unspecified atom stereocenters. The van der Waals surface area contributed by atoms with E-state index in [1.165, 1.54) is 29.8 Å². The Balaban J connectivity index is 1.49. The lowest BCUT2D eigenvalue weighted by Crippen LogP contribution is -2.50. The Hall–Kier alpha value is -2.23. The van der Waals surface area contributed by atoms with Crippen LogP contribution >= 0.6 is 22.7 Å². The second kappa shape index (κ2) is 8.64. The summed E-state index contributed by atoms with van der Waals surface area (Å²) in [6.07, 6.45) is 0. The molecule has 3 rings (SSSR count). The number of piperazine rings is 1. The SMILES string of the molecule is COC(=O)c1sccc1NC(=O)CN1CCN(C(=O)c2ccc(C)s2)CC1. The molecule has 0 spiro atoms. The Kier molecular flexibility index (Phi) is 6.25. The molecule has 1 saturated heterocycles. The molecule has 2 aromatic heterocycles. The van der Waals surface area contributed by atoms with Crippen molar-refractivity contribution < 1.29 is 19.1 Å². The van der Waals surface area contributed by atoms with Gasteiger partial charge in [-0.15, -0.1) is 22.7 Å². The standard InChI is InChI=1S/C18H21N3O4S2/c1-12-3-4-14(27-12)17(23)21-8-6-20(7-9-21)11-15(22)19-13-5-10-26-16(13)18(24)25-2/h3-5,10H,6-9,11H2,1-2H3,(H,19,22). The second-order valence-electron chi connectivity index (χ2n) is 6.18. The molecule has 0 saturated carbocycles. The number of nitrogens with zero attached hydrogens (tertiary/aromatic N) is 2. The summed E-state index contributed by atoms with van der Waals surface area (Å²) in [6, 6.07) is 5.50. The van der Waals surface area contributed by atoms with Gasteiger partial charge < -0.3 is 15.0 Å². The molecule has 0 aliphatic carbocycles. The third-order valence-corrected chi connectivity index (χ3v) is 6.17. The van der Waals surface area contributed by atoms with E-state index in [1.807, 2.05) is 28.9 Å². The topological polar surface area (TPSA) is 79.0 Å². The summed E-state index contributed by atoms with van der Waals surface area (Å²) in [4.78, 5) is 42.5. The van der Waals surface area contributed by atoms with Gasteiger partial charge in [0.15, 0.2) is 0 Å². The zero-order valence-corrected chi connectivity index (χ0v) is 16.8. The van der Waals surface area contributed by atoms with Gasteiger partial charge in [0.2, 0.25) is 5.91 Å². The number of rotatable bonds is 5. The van der Waals surface area contributed by atoms with E-state index in [9.17, 15) is 14.4 Å². The van der Waals surface area contributed by atoms with Crippen LogP contribution < -0.4 is 5.32 Å². The highest BCUT2D eigenvalue weighted by molar-refractivity contribution is 7.14. The lowest BCUT2D eigenvalue weighted by atomic mass is 10.3. The van der Waals surface area contributed by atoms with Crippen LogP contribution in [-0.2, 0) is 9.53 Å². The minimum atomic E-state index is -0.462. The fourth-order valence-electron chi connectivity index (χ4n) is 2.87. The molecule has 27 heavy (non-hydrogen) atoms. The number of methoxy groups -OCH3 is 1. The van der Waals surface area contributed by atoms with Gasteiger partial charge in [0, 0.05) is 31.1 Å². The van der Waals surface area contributed by atoms with Crippen molar-refractivity contribution >= 4 is 46.1 Å². The van der Waals surface area contributed by atoms with Crippen LogP contribution in [0, 0.1) is 6.92 Å². The number of esters is 1. The van der Waals surface area contributed by atoms with Gasteiger partial charge in [0.1, 0.15) is 4.88 Å². The summed E-state index contributed by atoms with van der Waals surface area (Å²) in [7, 11) is 1.31. The summed E-state index contributed by atoms with van der Waals surface area (Å²) >= 11 is 2.73. The Bertz CT molecular complexity index is 837. The van der Waals surface area contributed by atoms with E-state index in [-0.39, 0.29) is 18.4 Å². The van der Waals surface area contributed by atoms with E-state index in [2.05, 4.69) is 5.32 Å². The fraction of sp³-hybridized carbons (Fsp3) is 0.389. The lowest BCUT2D eigenvalue weighted by Gasteiger charge is -2.34. The van der Waals surface area contributed by atoms with Crippen LogP contribution in [0.25, 0.3) is 0 Å². The zero-order valence-electron chi connectivity index (χ0n) is 15.2. The van der Waals surface area contributed by atoms with E-state index in [4.69, 9.17) is 4.74 Å². The Morgan fingerprint density at radius 1 is 1.15 bits per heavy atom. The van der Waals surface area contributed by atoms with E-state index in [0.717, 1.165) is 9.75 Å². The minimum Gasteiger partial charge on any atom is -0.465 e. The van der Waals surface area contributed by atoms with Crippen LogP contribution in [0.15, 0.2) is 23.6 Å². The third kappa shape index (κ3) is 4.74. The molecule has 1 aliphatic heterocycles. The number of nitrogens with one attached hydrogen (secondary N) is 1. The number of aryl methyl sites for hydroxylation is 1. The molecule has 144 valence electrons. The Labute approximate surface area is 165 Å². The van der Waals surface area contributed by atoms with Crippen LogP contribution in [0.4, 0.5) is 5.69 Å². The van der Waals surface area contributed by atoms with E-state index in [1.54, 1.807) is 11.4 Å². The molecule has 2 aromatic rings. The summed E-state index contributed by atoms with van der Waals surface area (Å²) in [6.45, 7) is 4.66. The summed E-state index contributed by atoms with van der Waals surface area (Å²) in [5.74, 6) is -0.596. The van der Waals surface area contributed by atoms with E-state index in [0.29, 0.717) is 36.7 Å². The number of anilines is 1. The van der Waals surface area contributed by atoms with Crippen molar-refractivity contribution in [2.45, 2.75) is 6.92 Å². The first kappa shape index (κ1) is 19.5. The van der Waals surface area contributed by atoms with Crippen molar-refractivity contribution in [3.63, 3.8) is 0 Å². The fourth-order valence-corrected chi connectivity index (χ4v) is 4.47. The van der Waals surface area contributed by atoms with Gasteiger partial charge in [-0.05, 0) is 30.5 Å². The van der Waals surface area contributed by atoms with Gasteiger partial charge in [-0.2, -0.15) is 0 Å². The van der Waals surface area contributed by atoms with Crippen molar-refractivity contribution in [1.29, 1.82) is 0 Å². The predicted octanol–water partition coefficient (Wildman–Crippen LogP) is 2.30. The highest BCUT2D eigenvalue weighted by atomic mass is 32.1. The molecule has 9 heteroatoms. The predicted molar refractivity (Wildman–Crippen MR) is 106 cm³/mol. The number of hydrogen-bond acceptors (Lipinski definition) is 7. The summed E-state index contributed by atoms with van der Waals surface area (Å²) in [5.41, 5.74) is 0.471. The van der Waals surface area contributed by atoms with E-state index >= 15 is 0 Å². The number of carbonyl (C=O) groups excluding carboxylic acids is 3. The smallest absolute Gasteiger partial charge is 0.350 e. The van der Waals surface area contributed by atoms with Crippen LogP contribution in [0.1, 0.15) is 24.2 Å². The number of carbonyl (C=O) groups is 3. The average Bonchev–Trinajstić information content (AvgIpc) is 3.30. The Morgan fingerprint density at radius 2 is 1.89 bits per heavy atom. The first-order chi connectivity index (χ1) is 13.0. The first-order valence-corrected chi connectivity index (χ1v) is 10.2. The van der Waals surface area contributed by atoms with Crippen LogP contribution in [0.2, 0.25) is 0 Å². The molecule has 0 bridgehead atoms. The van der Waals surface area contributed by atoms with Crippen LogP contribution in [0.5, 0.6) is 0 Å². The second-order valence-corrected chi connectivity index (χ2v) is 8.39. The maximum absolute atomic E-state index is 12.5. The summed E-state index contributed by atoms with van der Waals surface area (Å²) < 4.78 is 4.71. The average molecular weight is 408 g/mol. The molecule has 1 N–H and O–H groups in total. The Morgan fingerprint density at radius 3 is 2.52 bits per heavy atom. The lowest BCUT2D eigenvalue weighted by molar-refractivity contribution is -0.117. The van der Waals surface area contributed by atoms with Gasteiger partial charge in [-0.25, -0.2) is 4.79 Å². The van der Waals surface area contributed by atoms with Crippen molar-refractivity contribution in [2.75, 3.05) is 45.2 Å². The van der Waals surface area contributed by atoms with Crippen molar-refractivity contribution in [2.24, 2.45) is 0 Å². The number of hydrogen-bond donors (Lipinski definition) is 1. The molecule has 0 radical (unpaired) electrons. The highest BCUT2D eigenvalue weighted by Crippen LogP contribution is 2.23. The maximum atomic E-state index is 12.5. The first-order valence-electron chi connectivity index (χ1n) is 8.51. The quantitative estimate of drug-likeness (QED) is 0.770. The van der Waals surface area contributed by atoms with Crippen LogP contribution in [0.3, 0.4) is 0 Å². The molecule has 0 atom stereocenters. The molecule has 1 fully saturated rings. The maximum Gasteiger partial charge on any atom is 0.350 e. The largest absolute Gasteiger partial charge is 0.465 e. The van der Waals surface area contributed by atoms with Crippen molar-refractivity contribution in [1.82, 2.24) is 9.80 Å². The normalized spacial score (nSPS) is 14.8. The molecule has 2 amide bonds. The van der Waals surface area contributed by atoms with E-state index < -0.39 is 5.97 Å². The molecule has 0 aromatic carbocycles.